The highest BCUT2D eigenvalue weighted by molar-refractivity contribution is 7.90. The molecule has 2 aromatic carbocycles. The Balaban J connectivity index is 2.38. The summed E-state index contributed by atoms with van der Waals surface area (Å²) in [5.74, 6) is -3.15. The van der Waals surface area contributed by atoms with Gasteiger partial charge in [-0.1, -0.05) is 42.5 Å². The first-order chi connectivity index (χ1) is 10.3. The van der Waals surface area contributed by atoms with Crippen molar-refractivity contribution in [2.75, 3.05) is 6.26 Å². The maximum absolute atomic E-state index is 12.4. The first kappa shape index (κ1) is 15.9. The largest absolute Gasteiger partial charge is 0.480 e. The number of carboxylic acid groups (broad SMARTS) is 1. The van der Waals surface area contributed by atoms with Crippen LogP contribution in [0.15, 0.2) is 59.5 Å². The molecule has 114 valence electrons. The van der Waals surface area contributed by atoms with E-state index < -0.39 is 27.5 Å². The van der Waals surface area contributed by atoms with Crippen molar-refractivity contribution in [3.63, 3.8) is 0 Å². The molecule has 0 fully saturated rings. The third kappa shape index (κ3) is 3.40. The molecule has 0 radical (unpaired) electrons. The third-order valence-electron chi connectivity index (χ3n) is 3.21. The van der Waals surface area contributed by atoms with Gasteiger partial charge in [0.15, 0.2) is 15.6 Å². The number of hydrogen-bond acceptors (Lipinski definition) is 4. The molecule has 2 aromatic rings. The zero-order valence-electron chi connectivity index (χ0n) is 11.8. The van der Waals surface area contributed by atoms with Crippen molar-refractivity contribution in [1.82, 2.24) is 0 Å². The van der Waals surface area contributed by atoms with Crippen molar-refractivity contribution < 1.29 is 23.1 Å². The molecule has 0 spiro atoms. The molecule has 5 nitrogen and oxygen atoms in total. The van der Waals surface area contributed by atoms with E-state index in [2.05, 4.69) is 0 Å². The van der Waals surface area contributed by atoms with E-state index in [1.807, 2.05) is 0 Å². The van der Waals surface area contributed by atoms with Crippen molar-refractivity contribution in [2.45, 2.75) is 10.8 Å². The molecule has 1 atom stereocenters. The highest BCUT2D eigenvalue weighted by atomic mass is 32.2. The fourth-order valence-corrected chi connectivity index (χ4v) is 2.72. The van der Waals surface area contributed by atoms with E-state index in [1.165, 1.54) is 24.3 Å². The van der Waals surface area contributed by atoms with Crippen molar-refractivity contribution in [3.05, 3.63) is 65.7 Å². The van der Waals surface area contributed by atoms with Gasteiger partial charge in [0.1, 0.15) is 5.92 Å². The molecule has 0 aliphatic carbocycles. The maximum atomic E-state index is 12.4. The van der Waals surface area contributed by atoms with Gasteiger partial charge in [0.25, 0.3) is 0 Å². The quantitative estimate of drug-likeness (QED) is 0.674. The van der Waals surface area contributed by atoms with Crippen LogP contribution in [0.5, 0.6) is 0 Å². The lowest BCUT2D eigenvalue weighted by Crippen LogP contribution is -2.21. The fourth-order valence-electron chi connectivity index (χ4n) is 2.08. The summed E-state index contributed by atoms with van der Waals surface area (Å²) in [5, 5.41) is 9.33. The molecule has 0 aliphatic rings. The number of carboxylic acids is 1. The molecule has 6 heteroatoms. The van der Waals surface area contributed by atoms with Gasteiger partial charge < -0.3 is 5.11 Å². The molecule has 0 aliphatic heterocycles. The Morgan fingerprint density at radius 3 is 1.95 bits per heavy atom. The van der Waals surface area contributed by atoms with Crippen LogP contribution in [0, 0.1) is 0 Å². The van der Waals surface area contributed by atoms with E-state index in [-0.39, 0.29) is 10.5 Å². The maximum Gasteiger partial charge on any atom is 0.318 e. The van der Waals surface area contributed by atoms with Crippen molar-refractivity contribution in [3.8, 4) is 0 Å². The number of carbonyl (C=O) groups excluding carboxylic acids is 1. The minimum atomic E-state index is -3.36. The number of carbonyl (C=O) groups is 2. The zero-order chi connectivity index (χ0) is 16.3. The molecule has 0 amide bonds. The summed E-state index contributed by atoms with van der Waals surface area (Å²) in [6, 6.07) is 13.4. The van der Waals surface area contributed by atoms with Crippen molar-refractivity contribution >= 4 is 21.6 Å². The van der Waals surface area contributed by atoms with Crippen LogP contribution in [0.4, 0.5) is 0 Å². The first-order valence-electron chi connectivity index (χ1n) is 6.43. The highest BCUT2D eigenvalue weighted by Gasteiger charge is 2.29. The summed E-state index contributed by atoms with van der Waals surface area (Å²) in [7, 11) is -3.36. The predicted octanol–water partition coefficient (Wildman–Crippen LogP) is 2.14. The van der Waals surface area contributed by atoms with Crippen LogP contribution in [-0.4, -0.2) is 31.5 Å². The smallest absolute Gasteiger partial charge is 0.318 e. The normalized spacial score (nSPS) is 12.6. The van der Waals surface area contributed by atoms with Crippen LogP contribution in [0.3, 0.4) is 0 Å². The van der Waals surface area contributed by atoms with Gasteiger partial charge >= 0.3 is 5.97 Å². The Bertz CT molecular complexity index is 792. The second-order valence-electron chi connectivity index (χ2n) is 4.84. The van der Waals surface area contributed by atoms with Gasteiger partial charge in [-0.2, -0.15) is 0 Å². The van der Waals surface area contributed by atoms with E-state index in [4.69, 9.17) is 0 Å². The second kappa shape index (κ2) is 6.11. The average Bonchev–Trinajstić information content (AvgIpc) is 2.47. The lowest BCUT2D eigenvalue weighted by molar-refractivity contribution is -0.137. The van der Waals surface area contributed by atoms with Crippen LogP contribution in [0.2, 0.25) is 0 Å². The van der Waals surface area contributed by atoms with Gasteiger partial charge in [-0.3, -0.25) is 9.59 Å². The number of Topliss-reactive ketones (excluding diaryl/α,β-unsaturated/α-hetero) is 1. The summed E-state index contributed by atoms with van der Waals surface area (Å²) in [6.45, 7) is 0. The fraction of sp³-hybridized carbons (Fsp3) is 0.125. The summed E-state index contributed by atoms with van der Waals surface area (Å²) in [4.78, 5) is 23.9. The molecular weight excluding hydrogens is 304 g/mol. The van der Waals surface area contributed by atoms with Crippen molar-refractivity contribution in [1.29, 1.82) is 0 Å². The van der Waals surface area contributed by atoms with Gasteiger partial charge in [-0.15, -0.1) is 0 Å². The van der Waals surface area contributed by atoms with E-state index in [0.717, 1.165) is 6.26 Å². The molecule has 0 saturated carbocycles. The number of benzene rings is 2. The lowest BCUT2D eigenvalue weighted by Gasteiger charge is -2.12. The van der Waals surface area contributed by atoms with Crippen LogP contribution in [0.1, 0.15) is 21.8 Å². The summed E-state index contributed by atoms with van der Waals surface area (Å²) >= 11 is 0. The molecule has 0 saturated heterocycles. The second-order valence-corrected chi connectivity index (χ2v) is 6.86. The Morgan fingerprint density at radius 1 is 0.955 bits per heavy atom. The Kier molecular flexibility index (Phi) is 4.42. The average molecular weight is 318 g/mol. The standard InChI is InChI=1S/C16H14O5S/c1-22(20,21)13-9-7-12(8-10-13)15(17)14(16(18)19)11-5-3-2-4-6-11/h2-10,14H,1H3,(H,18,19). The van der Waals surface area contributed by atoms with Crippen LogP contribution in [-0.2, 0) is 14.6 Å². The summed E-state index contributed by atoms with van der Waals surface area (Å²) in [6.07, 6.45) is 1.06. The summed E-state index contributed by atoms with van der Waals surface area (Å²) < 4.78 is 22.8. The molecule has 22 heavy (non-hydrogen) atoms. The predicted molar refractivity (Wildman–Crippen MR) is 80.7 cm³/mol. The number of aliphatic carboxylic acids is 1. The van der Waals surface area contributed by atoms with Crippen LogP contribution in [0.25, 0.3) is 0 Å². The third-order valence-corrected chi connectivity index (χ3v) is 4.34. The monoisotopic (exact) mass is 318 g/mol. The SMILES string of the molecule is CS(=O)(=O)c1ccc(C(=O)C(C(=O)O)c2ccccc2)cc1. The number of hydrogen-bond donors (Lipinski definition) is 1. The number of ketones is 1. The van der Waals surface area contributed by atoms with Gasteiger partial charge in [0, 0.05) is 11.8 Å². The van der Waals surface area contributed by atoms with Gasteiger partial charge in [0.05, 0.1) is 4.90 Å². The minimum Gasteiger partial charge on any atom is -0.480 e. The van der Waals surface area contributed by atoms with Gasteiger partial charge in [-0.25, -0.2) is 8.42 Å². The van der Waals surface area contributed by atoms with Gasteiger partial charge in [0.2, 0.25) is 0 Å². The van der Waals surface area contributed by atoms with E-state index in [0.29, 0.717) is 5.56 Å². The zero-order valence-corrected chi connectivity index (χ0v) is 12.6. The summed E-state index contributed by atoms with van der Waals surface area (Å²) in [5.41, 5.74) is 0.538. The van der Waals surface area contributed by atoms with Crippen LogP contribution >= 0.6 is 0 Å². The molecule has 2 rings (SSSR count). The van der Waals surface area contributed by atoms with Gasteiger partial charge in [-0.05, 0) is 17.7 Å². The molecule has 1 unspecified atom stereocenters. The first-order valence-corrected chi connectivity index (χ1v) is 8.32. The number of rotatable bonds is 5. The van der Waals surface area contributed by atoms with E-state index in [9.17, 15) is 23.1 Å². The Hall–Kier alpha value is -2.47. The molecule has 0 bridgehead atoms. The molecule has 0 heterocycles. The minimum absolute atomic E-state index is 0.0793. The van der Waals surface area contributed by atoms with E-state index in [1.54, 1.807) is 30.3 Å². The van der Waals surface area contributed by atoms with Crippen molar-refractivity contribution in [2.24, 2.45) is 0 Å². The Labute approximate surface area is 128 Å². The topological polar surface area (TPSA) is 88.5 Å². The highest BCUT2D eigenvalue weighted by Crippen LogP contribution is 2.22. The van der Waals surface area contributed by atoms with Crippen LogP contribution < -0.4 is 0 Å². The lowest BCUT2D eigenvalue weighted by atomic mass is 9.91. The Morgan fingerprint density at radius 2 is 1.50 bits per heavy atom. The molecule has 1 N–H and O–H groups in total. The molecule has 0 aromatic heterocycles. The molecular formula is C16H14O5S. The van der Waals surface area contributed by atoms with E-state index >= 15 is 0 Å². The number of sulfone groups is 1.